The first-order chi connectivity index (χ1) is 9.61. The smallest absolute Gasteiger partial charge is 0.175 e. The summed E-state index contributed by atoms with van der Waals surface area (Å²) in [4.78, 5) is 12.6. The molecule has 0 aromatic heterocycles. The molecule has 2 rings (SSSR count). The lowest BCUT2D eigenvalue weighted by Gasteiger charge is -2.07. The Kier molecular flexibility index (Phi) is 5.09. The highest BCUT2D eigenvalue weighted by molar-refractivity contribution is 9.10. The fourth-order valence-electron chi connectivity index (χ4n) is 1.72. The lowest BCUT2D eigenvalue weighted by Crippen LogP contribution is -2.11. The molecule has 0 saturated heterocycles. The lowest BCUT2D eigenvalue weighted by atomic mass is 10.2. The minimum atomic E-state index is -1.42. The number of para-hydroxylation sites is 1. The molecule has 104 valence electrons. The zero-order valence-electron chi connectivity index (χ0n) is 10.8. The van der Waals surface area contributed by atoms with Gasteiger partial charge in [0.2, 0.25) is 0 Å². The minimum Gasteiger partial charge on any atom is -0.495 e. The van der Waals surface area contributed by atoms with Crippen LogP contribution in [0.1, 0.15) is 10.4 Å². The van der Waals surface area contributed by atoms with E-state index in [9.17, 15) is 9.00 Å². The summed E-state index contributed by atoms with van der Waals surface area (Å²) in [6, 6.07) is 14.0. The number of halogens is 1. The Hall–Kier alpha value is -1.46. The van der Waals surface area contributed by atoms with E-state index in [0.29, 0.717) is 16.2 Å². The molecule has 5 heteroatoms. The Morgan fingerprint density at radius 3 is 2.45 bits per heavy atom. The van der Waals surface area contributed by atoms with E-state index in [4.69, 9.17) is 4.74 Å². The van der Waals surface area contributed by atoms with Gasteiger partial charge in [0, 0.05) is 10.0 Å². The molecule has 0 fully saturated rings. The van der Waals surface area contributed by atoms with Crippen LogP contribution in [-0.2, 0) is 10.8 Å². The van der Waals surface area contributed by atoms with Gasteiger partial charge in [-0.2, -0.15) is 0 Å². The molecule has 2 aromatic rings. The highest BCUT2D eigenvalue weighted by Crippen LogP contribution is 2.22. The number of ether oxygens (including phenoxy) is 1. The van der Waals surface area contributed by atoms with Gasteiger partial charge >= 0.3 is 0 Å². The number of rotatable bonds is 5. The molecule has 20 heavy (non-hydrogen) atoms. The zero-order chi connectivity index (χ0) is 14.5. The molecule has 0 aliphatic rings. The standard InChI is InChI=1S/C15H13BrO3S/c1-19-14-4-2-3-5-15(14)20(18)10-13(17)11-6-8-12(16)9-7-11/h2-9H,10H2,1H3. The monoisotopic (exact) mass is 352 g/mol. The second-order valence-electron chi connectivity index (χ2n) is 4.07. The molecule has 1 atom stereocenters. The second-order valence-corrected chi connectivity index (χ2v) is 6.41. The minimum absolute atomic E-state index is 0.0536. The average Bonchev–Trinajstić information content (AvgIpc) is 2.47. The summed E-state index contributed by atoms with van der Waals surface area (Å²) in [5, 5.41) is 0. The van der Waals surface area contributed by atoms with E-state index in [0.717, 1.165) is 4.47 Å². The maximum absolute atomic E-state index is 12.3. The molecule has 0 heterocycles. The Morgan fingerprint density at radius 1 is 1.15 bits per heavy atom. The van der Waals surface area contributed by atoms with Crippen LogP contribution in [0.3, 0.4) is 0 Å². The van der Waals surface area contributed by atoms with Crippen LogP contribution in [0.15, 0.2) is 57.9 Å². The second kappa shape index (κ2) is 6.81. The molecular weight excluding hydrogens is 340 g/mol. The van der Waals surface area contributed by atoms with Crippen LogP contribution in [0.25, 0.3) is 0 Å². The molecule has 0 N–H and O–H groups in total. The van der Waals surface area contributed by atoms with Crippen molar-refractivity contribution in [1.82, 2.24) is 0 Å². The van der Waals surface area contributed by atoms with Crippen LogP contribution in [0.4, 0.5) is 0 Å². The predicted molar refractivity (Wildman–Crippen MR) is 82.7 cm³/mol. The summed E-state index contributed by atoms with van der Waals surface area (Å²) >= 11 is 3.31. The van der Waals surface area contributed by atoms with Gasteiger partial charge in [-0.15, -0.1) is 0 Å². The number of carbonyl (C=O) groups is 1. The third kappa shape index (κ3) is 3.55. The van der Waals surface area contributed by atoms with Crippen molar-refractivity contribution in [2.45, 2.75) is 4.90 Å². The Bertz CT molecular complexity index is 638. The van der Waals surface area contributed by atoms with Gasteiger partial charge in [-0.1, -0.05) is 40.2 Å². The first-order valence-corrected chi connectivity index (χ1v) is 8.03. The maximum Gasteiger partial charge on any atom is 0.175 e. The van der Waals surface area contributed by atoms with Crippen molar-refractivity contribution in [2.75, 3.05) is 12.9 Å². The first-order valence-electron chi connectivity index (χ1n) is 5.92. The van der Waals surface area contributed by atoms with Crippen LogP contribution in [0.2, 0.25) is 0 Å². The fraction of sp³-hybridized carbons (Fsp3) is 0.133. The van der Waals surface area contributed by atoms with Crippen LogP contribution in [0, 0.1) is 0 Å². The molecule has 0 aliphatic carbocycles. The van der Waals surface area contributed by atoms with Gasteiger partial charge in [-0.25, -0.2) is 0 Å². The van der Waals surface area contributed by atoms with E-state index in [1.165, 1.54) is 7.11 Å². The number of hydrogen-bond acceptors (Lipinski definition) is 3. The van der Waals surface area contributed by atoms with Gasteiger partial charge in [0.05, 0.1) is 28.6 Å². The number of hydrogen-bond donors (Lipinski definition) is 0. The molecule has 0 saturated carbocycles. The molecule has 1 unspecified atom stereocenters. The molecule has 0 spiro atoms. The predicted octanol–water partition coefficient (Wildman–Crippen LogP) is 3.45. The molecular formula is C15H13BrO3S. The highest BCUT2D eigenvalue weighted by atomic mass is 79.9. The van der Waals surface area contributed by atoms with Gasteiger partial charge in [0.15, 0.2) is 5.78 Å². The third-order valence-corrected chi connectivity index (χ3v) is 4.62. The Morgan fingerprint density at radius 2 is 1.80 bits per heavy atom. The normalized spacial score (nSPS) is 11.9. The Balaban J connectivity index is 2.15. The Labute approximate surface area is 128 Å². The van der Waals surface area contributed by atoms with E-state index in [1.807, 2.05) is 0 Å². The van der Waals surface area contributed by atoms with Gasteiger partial charge in [-0.3, -0.25) is 9.00 Å². The van der Waals surface area contributed by atoms with E-state index < -0.39 is 10.8 Å². The van der Waals surface area contributed by atoms with Crippen molar-refractivity contribution in [1.29, 1.82) is 0 Å². The van der Waals surface area contributed by atoms with Gasteiger partial charge < -0.3 is 4.74 Å². The topological polar surface area (TPSA) is 43.4 Å². The molecule has 0 bridgehead atoms. The SMILES string of the molecule is COc1ccccc1S(=O)CC(=O)c1ccc(Br)cc1. The van der Waals surface area contributed by atoms with Crippen molar-refractivity contribution >= 4 is 32.5 Å². The van der Waals surface area contributed by atoms with Crippen molar-refractivity contribution < 1.29 is 13.7 Å². The highest BCUT2D eigenvalue weighted by Gasteiger charge is 2.15. The van der Waals surface area contributed by atoms with Gasteiger partial charge in [-0.05, 0) is 24.3 Å². The fourth-order valence-corrected chi connectivity index (χ4v) is 3.15. The molecule has 0 amide bonds. The van der Waals surface area contributed by atoms with E-state index in [1.54, 1.807) is 48.5 Å². The van der Waals surface area contributed by atoms with E-state index in [-0.39, 0.29) is 11.5 Å². The summed E-state index contributed by atoms with van der Waals surface area (Å²) in [7, 11) is 0.103. The summed E-state index contributed by atoms with van der Waals surface area (Å²) in [6.07, 6.45) is 0. The summed E-state index contributed by atoms with van der Waals surface area (Å²) < 4.78 is 18.3. The largest absolute Gasteiger partial charge is 0.495 e. The van der Waals surface area contributed by atoms with Crippen molar-refractivity contribution in [3.05, 3.63) is 58.6 Å². The molecule has 0 radical (unpaired) electrons. The van der Waals surface area contributed by atoms with Gasteiger partial charge in [0.1, 0.15) is 5.75 Å². The number of carbonyl (C=O) groups excluding carboxylic acids is 1. The summed E-state index contributed by atoms with van der Waals surface area (Å²) in [5.41, 5.74) is 0.552. The first kappa shape index (κ1) is 14.9. The summed E-state index contributed by atoms with van der Waals surface area (Å²) in [6.45, 7) is 0. The van der Waals surface area contributed by atoms with Crippen LogP contribution in [0.5, 0.6) is 5.75 Å². The van der Waals surface area contributed by atoms with Crippen molar-refractivity contribution in [2.24, 2.45) is 0 Å². The summed E-state index contributed by atoms with van der Waals surface area (Å²) in [5.74, 6) is 0.332. The van der Waals surface area contributed by atoms with E-state index in [2.05, 4.69) is 15.9 Å². The number of ketones is 1. The van der Waals surface area contributed by atoms with Crippen molar-refractivity contribution in [3.63, 3.8) is 0 Å². The molecule has 3 nitrogen and oxygen atoms in total. The van der Waals surface area contributed by atoms with Crippen molar-refractivity contribution in [3.8, 4) is 5.75 Å². The molecule has 2 aromatic carbocycles. The van der Waals surface area contributed by atoms with Gasteiger partial charge in [0.25, 0.3) is 0 Å². The van der Waals surface area contributed by atoms with Crippen LogP contribution >= 0.6 is 15.9 Å². The maximum atomic E-state index is 12.3. The quantitative estimate of drug-likeness (QED) is 0.774. The zero-order valence-corrected chi connectivity index (χ0v) is 13.2. The van der Waals surface area contributed by atoms with E-state index >= 15 is 0 Å². The number of benzene rings is 2. The van der Waals surface area contributed by atoms with Crippen LogP contribution in [-0.4, -0.2) is 22.9 Å². The lowest BCUT2D eigenvalue weighted by molar-refractivity contribution is 0.102. The third-order valence-electron chi connectivity index (χ3n) is 2.74. The van der Waals surface area contributed by atoms with Crippen LogP contribution < -0.4 is 4.74 Å². The number of methoxy groups -OCH3 is 1. The average molecular weight is 353 g/mol. The molecule has 0 aliphatic heterocycles. The number of Topliss-reactive ketones (excluding diaryl/α,β-unsaturated/α-hetero) is 1.